The quantitative estimate of drug-likeness (QED) is 0.454. The Morgan fingerprint density at radius 1 is 1.33 bits per heavy atom. The number of ether oxygens (including phenoxy) is 1. The van der Waals surface area contributed by atoms with Crippen molar-refractivity contribution >= 4 is 27.4 Å². The molecule has 0 atom stereocenters. The minimum atomic E-state index is -3.69. The Labute approximate surface area is 143 Å². The molecule has 0 amide bonds. The van der Waals surface area contributed by atoms with Gasteiger partial charge in [-0.25, -0.2) is 23.2 Å². The maximum atomic E-state index is 12.2. The van der Waals surface area contributed by atoms with Crippen LogP contribution in [0.3, 0.4) is 0 Å². The number of halogens is 1. The van der Waals surface area contributed by atoms with Crippen LogP contribution >= 0.6 is 11.6 Å². The standard InChI is InChI=1S/C15H12ClN3O4S/c1-2-7-24(21,22)15-18-9-12(16)13(19-15)14(20)23-11-5-3-10(8-17)4-6-11/h3-6,9H,2,7H2,1H3. The fraction of sp³-hybridized carbons (Fsp3) is 0.200. The van der Waals surface area contributed by atoms with Gasteiger partial charge >= 0.3 is 5.97 Å². The number of aromatic nitrogens is 2. The maximum Gasteiger partial charge on any atom is 0.364 e. The van der Waals surface area contributed by atoms with Crippen molar-refractivity contribution in [2.24, 2.45) is 0 Å². The summed E-state index contributed by atoms with van der Waals surface area (Å²) in [7, 11) is -3.69. The zero-order valence-corrected chi connectivity index (χ0v) is 14.1. The first-order valence-electron chi connectivity index (χ1n) is 6.85. The Balaban J connectivity index is 2.30. The van der Waals surface area contributed by atoms with E-state index in [0.717, 1.165) is 6.20 Å². The summed E-state index contributed by atoms with van der Waals surface area (Å²) < 4.78 is 29.1. The SMILES string of the molecule is CCCS(=O)(=O)c1ncc(Cl)c(C(=O)Oc2ccc(C#N)cc2)n1. The van der Waals surface area contributed by atoms with Crippen molar-refractivity contribution in [3.63, 3.8) is 0 Å². The van der Waals surface area contributed by atoms with E-state index in [9.17, 15) is 13.2 Å². The molecule has 0 saturated heterocycles. The maximum absolute atomic E-state index is 12.2. The van der Waals surface area contributed by atoms with Gasteiger partial charge in [-0.15, -0.1) is 0 Å². The van der Waals surface area contributed by atoms with Gasteiger partial charge in [0.1, 0.15) is 5.75 Å². The van der Waals surface area contributed by atoms with Crippen LogP contribution in [0.25, 0.3) is 0 Å². The molecule has 2 rings (SSSR count). The molecule has 9 heteroatoms. The lowest BCUT2D eigenvalue weighted by Gasteiger charge is -2.07. The number of nitriles is 1. The van der Waals surface area contributed by atoms with Gasteiger partial charge in [-0.1, -0.05) is 18.5 Å². The highest BCUT2D eigenvalue weighted by Crippen LogP contribution is 2.19. The third-order valence-corrected chi connectivity index (χ3v) is 4.84. The van der Waals surface area contributed by atoms with Crippen molar-refractivity contribution in [2.75, 3.05) is 5.75 Å². The molecule has 7 nitrogen and oxygen atoms in total. The topological polar surface area (TPSA) is 110 Å². The smallest absolute Gasteiger partial charge is 0.364 e. The monoisotopic (exact) mass is 365 g/mol. The number of hydrogen-bond acceptors (Lipinski definition) is 7. The number of carbonyl (C=O) groups is 1. The lowest BCUT2D eigenvalue weighted by molar-refractivity contribution is 0.0727. The summed E-state index contributed by atoms with van der Waals surface area (Å²) in [6.07, 6.45) is 1.44. The number of nitrogens with zero attached hydrogens (tertiary/aromatic N) is 3. The molecule has 1 heterocycles. The van der Waals surface area contributed by atoms with Crippen LogP contribution < -0.4 is 4.74 Å². The molecule has 2 aromatic rings. The molecule has 0 aliphatic rings. The lowest BCUT2D eigenvalue weighted by atomic mass is 10.2. The van der Waals surface area contributed by atoms with Gasteiger partial charge < -0.3 is 4.74 Å². The average molecular weight is 366 g/mol. The molecule has 0 spiro atoms. The third-order valence-electron chi connectivity index (χ3n) is 2.86. The number of esters is 1. The Kier molecular flexibility index (Phi) is 5.49. The lowest BCUT2D eigenvalue weighted by Crippen LogP contribution is -2.17. The van der Waals surface area contributed by atoms with Crippen LogP contribution in [0.4, 0.5) is 0 Å². The van der Waals surface area contributed by atoms with Crippen molar-refractivity contribution < 1.29 is 17.9 Å². The summed E-state index contributed by atoms with van der Waals surface area (Å²) >= 11 is 5.87. The summed E-state index contributed by atoms with van der Waals surface area (Å²) in [4.78, 5) is 19.6. The van der Waals surface area contributed by atoms with E-state index in [1.165, 1.54) is 24.3 Å². The van der Waals surface area contributed by atoms with Gasteiger partial charge in [-0.05, 0) is 30.7 Å². The van der Waals surface area contributed by atoms with E-state index >= 15 is 0 Å². The van der Waals surface area contributed by atoms with E-state index in [1.807, 2.05) is 6.07 Å². The Bertz CT molecular complexity index is 905. The third kappa shape index (κ3) is 4.07. The fourth-order valence-electron chi connectivity index (χ4n) is 1.76. The van der Waals surface area contributed by atoms with Crippen LogP contribution in [-0.2, 0) is 9.84 Å². The van der Waals surface area contributed by atoms with E-state index in [0.29, 0.717) is 12.0 Å². The van der Waals surface area contributed by atoms with Gasteiger partial charge in [0, 0.05) is 0 Å². The number of sulfone groups is 1. The van der Waals surface area contributed by atoms with E-state index in [1.54, 1.807) is 6.92 Å². The minimum Gasteiger partial charge on any atom is -0.422 e. The second kappa shape index (κ2) is 7.38. The molecular weight excluding hydrogens is 354 g/mol. The second-order valence-corrected chi connectivity index (χ2v) is 7.10. The molecule has 124 valence electrons. The highest BCUT2D eigenvalue weighted by atomic mass is 35.5. The molecule has 0 N–H and O–H groups in total. The van der Waals surface area contributed by atoms with Crippen molar-refractivity contribution in [1.82, 2.24) is 9.97 Å². The Morgan fingerprint density at radius 3 is 2.58 bits per heavy atom. The van der Waals surface area contributed by atoms with Crippen LogP contribution in [0.15, 0.2) is 35.6 Å². The largest absolute Gasteiger partial charge is 0.422 e. The molecule has 0 fully saturated rings. The molecule has 24 heavy (non-hydrogen) atoms. The summed E-state index contributed by atoms with van der Waals surface area (Å²) in [6, 6.07) is 7.74. The Morgan fingerprint density at radius 2 is 2.00 bits per heavy atom. The molecule has 0 bridgehead atoms. The number of hydrogen-bond donors (Lipinski definition) is 0. The fourth-order valence-corrected chi connectivity index (χ4v) is 3.09. The first-order chi connectivity index (χ1) is 11.4. The van der Waals surface area contributed by atoms with Gasteiger partial charge in [0.05, 0.1) is 28.6 Å². The first kappa shape index (κ1) is 17.8. The number of rotatable bonds is 5. The van der Waals surface area contributed by atoms with Crippen molar-refractivity contribution in [2.45, 2.75) is 18.5 Å². The van der Waals surface area contributed by atoms with Gasteiger partial charge in [0.15, 0.2) is 5.69 Å². The Hall–Kier alpha value is -2.50. The number of benzene rings is 1. The van der Waals surface area contributed by atoms with Crippen molar-refractivity contribution in [1.29, 1.82) is 5.26 Å². The van der Waals surface area contributed by atoms with Gasteiger partial charge in [0.25, 0.3) is 0 Å². The average Bonchev–Trinajstić information content (AvgIpc) is 2.55. The summed E-state index contributed by atoms with van der Waals surface area (Å²) in [5.74, 6) is -0.884. The van der Waals surface area contributed by atoms with Crippen LogP contribution in [-0.4, -0.2) is 30.1 Å². The molecule has 0 unspecified atom stereocenters. The highest BCUT2D eigenvalue weighted by Gasteiger charge is 2.22. The van der Waals surface area contributed by atoms with Gasteiger partial charge in [0.2, 0.25) is 15.0 Å². The first-order valence-corrected chi connectivity index (χ1v) is 8.88. The van der Waals surface area contributed by atoms with E-state index in [4.69, 9.17) is 21.6 Å². The van der Waals surface area contributed by atoms with Gasteiger partial charge in [-0.3, -0.25) is 0 Å². The van der Waals surface area contributed by atoms with Crippen LogP contribution in [0.2, 0.25) is 5.02 Å². The van der Waals surface area contributed by atoms with Crippen LogP contribution in [0.1, 0.15) is 29.4 Å². The second-order valence-electron chi connectivity index (χ2n) is 4.69. The highest BCUT2D eigenvalue weighted by molar-refractivity contribution is 7.91. The van der Waals surface area contributed by atoms with Crippen LogP contribution in [0.5, 0.6) is 5.75 Å². The normalized spacial score (nSPS) is 10.9. The molecule has 0 saturated carbocycles. The predicted octanol–water partition coefficient (Wildman–Crippen LogP) is 2.40. The summed E-state index contributed by atoms with van der Waals surface area (Å²) in [5, 5.41) is 8.13. The molecule has 0 aliphatic heterocycles. The molecule has 0 radical (unpaired) electrons. The van der Waals surface area contributed by atoms with E-state index in [2.05, 4.69) is 9.97 Å². The van der Waals surface area contributed by atoms with Crippen LogP contribution in [0, 0.1) is 11.3 Å². The minimum absolute atomic E-state index is 0.121. The van der Waals surface area contributed by atoms with E-state index < -0.39 is 21.0 Å². The predicted molar refractivity (Wildman–Crippen MR) is 85.5 cm³/mol. The molecule has 0 aliphatic carbocycles. The molecule has 1 aromatic carbocycles. The van der Waals surface area contributed by atoms with Gasteiger partial charge in [-0.2, -0.15) is 5.26 Å². The molecular formula is C15H12ClN3O4S. The van der Waals surface area contributed by atoms with Crippen molar-refractivity contribution in [3.8, 4) is 11.8 Å². The summed E-state index contributed by atoms with van der Waals surface area (Å²) in [5.41, 5.74) is 0.0634. The molecule has 1 aromatic heterocycles. The van der Waals surface area contributed by atoms with Crippen molar-refractivity contribution in [3.05, 3.63) is 46.7 Å². The zero-order chi connectivity index (χ0) is 17.7. The number of carbonyl (C=O) groups excluding carboxylic acids is 1. The zero-order valence-electron chi connectivity index (χ0n) is 12.6. The van der Waals surface area contributed by atoms with E-state index in [-0.39, 0.29) is 22.2 Å². The summed E-state index contributed by atoms with van der Waals surface area (Å²) in [6.45, 7) is 1.70.